The van der Waals surface area contributed by atoms with Crippen LogP contribution >= 0.6 is 15.9 Å². The number of hydrogen-bond acceptors (Lipinski definition) is 2. The van der Waals surface area contributed by atoms with E-state index in [0.717, 1.165) is 19.3 Å². The van der Waals surface area contributed by atoms with Crippen molar-refractivity contribution in [3.05, 3.63) is 0 Å². The van der Waals surface area contributed by atoms with Crippen molar-refractivity contribution >= 4 is 21.8 Å². The van der Waals surface area contributed by atoms with Crippen LogP contribution in [0.25, 0.3) is 0 Å². The number of nitrogens with one attached hydrogen (secondary N) is 1. The van der Waals surface area contributed by atoms with E-state index in [-0.39, 0.29) is 16.7 Å². The zero-order chi connectivity index (χ0) is 11.8. The number of amides is 1. The standard InChI is InChI=1S/C11H22BrNO2/c1-4-8(5-2)10(14)7-13-11(15)9(12)6-3/h8-10,14H,4-7H2,1-3H3,(H,13,15). The zero-order valence-electron chi connectivity index (χ0n) is 9.79. The van der Waals surface area contributed by atoms with Crippen LogP contribution in [0.3, 0.4) is 0 Å². The molecule has 4 heteroatoms. The van der Waals surface area contributed by atoms with Gasteiger partial charge in [0, 0.05) is 6.54 Å². The highest BCUT2D eigenvalue weighted by atomic mass is 79.9. The summed E-state index contributed by atoms with van der Waals surface area (Å²) in [5.74, 6) is 0.239. The number of carbonyl (C=O) groups excluding carboxylic acids is 1. The van der Waals surface area contributed by atoms with Crippen molar-refractivity contribution in [3.63, 3.8) is 0 Å². The van der Waals surface area contributed by atoms with Crippen LogP contribution < -0.4 is 5.32 Å². The lowest BCUT2D eigenvalue weighted by molar-refractivity contribution is -0.121. The molecule has 0 aliphatic carbocycles. The van der Waals surface area contributed by atoms with Gasteiger partial charge in [0.05, 0.1) is 10.9 Å². The van der Waals surface area contributed by atoms with Gasteiger partial charge in [0.15, 0.2) is 0 Å². The summed E-state index contributed by atoms with van der Waals surface area (Å²) in [6, 6.07) is 0. The molecule has 0 aliphatic heterocycles. The predicted molar refractivity (Wildman–Crippen MR) is 66.1 cm³/mol. The minimum atomic E-state index is -0.430. The molecule has 2 unspecified atom stereocenters. The van der Waals surface area contributed by atoms with Crippen molar-refractivity contribution in [1.82, 2.24) is 5.32 Å². The third-order valence-electron chi connectivity index (χ3n) is 2.72. The third kappa shape index (κ3) is 5.52. The first-order chi connectivity index (χ1) is 7.06. The van der Waals surface area contributed by atoms with Crippen LogP contribution in [0.1, 0.15) is 40.0 Å². The summed E-state index contributed by atoms with van der Waals surface area (Å²) in [6.07, 6.45) is 2.21. The molecule has 0 saturated carbocycles. The maximum absolute atomic E-state index is 11.4. The smallest absolute Gasteiger partial charge is 0.233 e. The summed E-state index contributed by atoms with van der Waals surface area (Å²) >= 11 is 3.27. The molecule has 0 fully saturated rings. The van der Waals surface area contributed by atoms with Crippen LogP contribution in [0.2, 0.25) is 0 Å². The van der Waals surface area contributed by atoms with Crippen LogP contribution in [0.4, 0.5) is 0 Å². The molecule has 2 atom stereocenters. The second kappa shape index (κ2) is 8.11. The second-order valence-electron chi connectivity index (χ2n) is 3.76. The predicted octanol–water partition coefficient (Wildman–Crippen LogP) is 2.07. The Morgan fingerprint density at radius 2 is 1.80 bits per heavy atom. The molecule has 0 saturated heterocycles. The van der Waals surface area contributed by atoms with Crippen LogP contribution in [0.5, 0.6) is 0 Å². The highest BCUT2D eigenvalue weighted by Crippen LogP contribution is 2.12. The normalized spacial score (nSPS) is 15.1. The van der Waals surface area contributed by atoms with Crippen molar-refractivity contribution in [3.8, 4) is 0 Å². The number of hydrogen-bond donors (Lipinski definition) is 2. The second-order valence-corrected chi connectivity index (χ2v) is 4.87. The number of alkyl halides is 1. The molecule has 3 nitrogen and oxygen atoms in total. The summed E-state index contributed by atoms with van der Waals surface area (Å²) in [7, 11) is 0. The topological polar surface area (TPSA) is 49.3 Å². The molecule has 0 rings (SSSR count). The fraction of sp³-hybridized carbons (Fsp3) is 0.909. The molecule has 0 aromatic rings. The van der Waals surface area contributed by atoms with Crippen molar-refractivity contribution in [2.24, 2.45) is 5.92 Å². The summed E-state index contributed by atoms with van der Waals surface area (Å²) in [5, 5.41) is 12.5. The van der Waals surface area contributed by atoms with Gasteiger partial charge in [-0.3, -0.25) is 4.79 Å². The number of carbonyl (C=O) groups is 1. The summed E-state index contributed by atoms with van der Waals surface area (Å²) in [4.78, 5) is 11.3. The SMILES string of the molecule is CCC(Br)C(=O)NCC(O)C(CC)CC. The first-order valence-electron chi connectivity index (χ1n) is 5.66. The molecule has 0 aromatic heterocycles. The molecule has 0 bridgehead atoms. The Kier molecular flexibility index (Phi) is 8.06. The average Bonchev–Trinajstić information content (AvgIpc) is 2.26. The molecule has 0 heterocycles. The van der Waals surface area contributed by atoms with Crippen LogP contribution in [-0.2, 0) is 4.79 Å². The van der Waals surface area contributed by atoms with E-state index < -0.39 is 6.10 Å². The monoisotopic (exact) mass is 279 g/mol. The summed E-state index contributed by atoms with van der Waals surface area (Å²) in [6.45, 7) is 6.40. The Morgan fingerprint density at radius 1 is 1.27 bits per heavy atom. The Labute approximate surface area is 101 Å². The first kappa shape index (κ1) is 14.9. The van der Waals surface area contributed by atoms with Gasteiger partial charge >= 0.3 is 0 Å². The van der Waals surface area contributed by atoms with Gasteiger partial charge < -0.3 is 10.4 Å². The minimum absolute atomic E-state index is 0.0393. The lowest BCUT2D eigenvalue weighted by atomic mass is 9.96. The van der Waals surface area contributed by atoms with Gasteiger partial charge in [-0.1, -0.05) is 49.5 Å². The Morgan fingerprint density at radius 3 is 2.20 bits per heavy atom. The van der Waals surface area contributed by atoms with Crippen LogP contribution in [0.15, 0.2) is 0 Å². The van der Waals surface area contributed by atoms with E-state index in [0.29, 0.717) is 6.54 Å². The van der Waals surface area contributed by atoms with Gasteiger partial charge in [0.25, 0.3) is 0 Å². The maximum Gasteiger partial charge on any atom is 0.233 e. The lowest BCUT2D eigenvalue weighted by Crippen LogP contribution is -2.39. The van der Waals surface area contributed by atoms with E-state index in [1.807, 2.05) is 6.92 Å². The van der Waals surface area contributed by atoms with E-state index in [1.165, 1.54) is 0 Å². The van der Waals surface area contributed by atoms with E-state index in [1.54, 1.807) is 0 Å². The number of rotatable bonds is 7. The van der Waals surface area contributed by atoms with E-state index in [9.17, 15) is 9.90 Å². The third-order valence-corrected chi connectivity index (χ3v) is 3.78. The summed E-state index contributed by atoms with van der Waals surface area (Å²) in [5.41, 5.74) is 0. The van der Waals surface area contributed by atoms with Crippen molar-refractivity contribution in [2.45, 2.75) is 51.0 Å². The van der Waals surface area contributed by atoms with Gasteiger partial charge in [-0.15, -0.1) is 0 Å². The largest absolute Gasteiger partial charge is 0.391 e. The molecule has 2 N–H and O–H groups in total. The fourth-order valence-corrected chi connectivity index (χ4v) is 1.66. The summed E-state index contributed by atoms with van der Waals surface area (Å²) < 4.78 is 0. The highest BCUT2D eigenvalue weighted by Gasteiger charge is 2.18. The Balaban J connectivity index is 3.88. The number of halogens is 1. The van der Waals surface area contributed by atoms with Gasteiger partial charge in [-0.2, -0.15) is 0 Å². The fourth-order valence-electron chi connectivity index (χ4n) is 1.50. The van der Waals surface area contributed by atoms with Crippen molar-refractivity contribution < 1.29 is 9.90 Å². The molecular weight excluding hydrogens is 258 g/mol. The van der Waals surface area contributed by atoms with Gasteiger partial charge in [-0.05, 0) is 12.3 Å². The van der Waals surface area contributed by atoms with Gasteiger partial charge in [0.1, 0.15) is 0 Å². The van der Waals surface area contributed by atoms with Crippen molar-refractivity contribution in [2.75, 3.05) is 6.54 Å². The molecule has 0 aliphatic rings. The molecule has 0 spiro atoms. The van der Waals surface area contributed by atoms with Gasteiger partial charge in [-0.25, -0.2) is 0 Å². The molecule has 1 amide bonds. The Hall–Kier alpha value is -0.0900. The quantitative estimate of drug-likeness (QED) is 0.701. The molecule has 0 aromatic carbocycles. The molecule has 15 heavy (non-hydrogen) atoms. The lowest BCUT2D eigenvalue weighted by Gasteiger charge is -2.20. The first-order valence-corrected chi connectivity index (χ1v) is 6.58. The van der Waals surface area contributed by atoms with E-state index in [4.69, 9.17) is 0 Å². The highest BCUT2D eigenvalue weighted by molar-refractivity contribution is 9.10. The minimum Gasteiger partial charge on any atom is -0.391 e. The van der Waals surface area contributed by atoms with Crippen molar-refractivity contribution in [1.29, 1.82) is 0 Å². The molecular formula is C11H22BrNO2. The zero-order valence-corrected chi connectivity index (χ0v) is 11.4. The van der Waals surface area contributed by atoms with Gasteiger partial charge in [0.2, 0.25) is 5.91 Å². The van der Waals surface area contributed by atoms with Crippen LogP contribution in [0, 0.1) is 5.92 Å². The molecule has 90 valence electrons. The number of aliphatic hydroxyl groups excluding tert-OH is 1. The maximum atomic E-state index is 11.4. The molecule has 0 radical (unpaired) electrons. The Bertz CT molecular complexity index is 183. The number of aliphatic hydroxyl groups is 1. The van der Waals surface area contributed by atoms with Crippen LogP contribution in [-0.4, -0.2) is 28.5 Å². The average molecular weight is 280 g/mol. The van der Waals surface area contributed by atoms with E-state index in [2.05, 4.69) is 35.1 Å². The van der Waals surface area contributed by atoms with E-state index >= 15 is 0 Å².